The summed E-state index contributed by atoms with van der Waals surface area (Å²) in [4.78, 5) is 24.2. The molecule has 0 aliphatic carbocycles. The van der Waals surface area contributed by atoms with E-state index in [1.165, 1.54) is 24.4 Å². The first kappa shape index (κ1) is 14.7. The summed E-state index contributed by atoms with van der Waals surface area (Å²) < 4.78 is 0. The van der Waals surface area contributed by atoms with Gasteiger partial charge in [0.25, 0.3) is 5.69 Å². The molecular weight excluding hydrogens is 300 g/mol. The van der Waals surface area contributed by atoms with E-state index in [2.05, 4.69) is 10.3 Å². The molecule has 2 aromatic rings. The number of hydrogen-bond acceptors (Lipinski definition) is 6. The summed E-state index contributed by atoms with van der Waals surface area (Å²) >= 11 is 5.84. The number of rotatable bonds is 4. The molecule has 108 valence electrons. The fourth-order valence-corrected chi connectivity index (χ4v) is 1.96. The van der Waals surface area contributed by atoms with Crippen LogP contribution in [0.15, 0.2) is 30.6 Å². The lowest BCUT2D eigenvalue weighted by molar-refractivity contribution is -0.384. The molecular formula is C12H9ClN4O4. The van der Waals surface area contributed by atoms with Crippen LogP contribution in [-0.2, 0) is 0 Å². The number of nitro groups is 2. The summed E-state index contributed by atoms with van der Waals surface area (Å²) in [5.74, 6) is 0. The number of nitrogens with one attached hydrogen (secondary N) is 1. The van der Waals surface area contributed by atoms with Crippen LogP contribution in [0.2, 0.25) is 5.02 Å². The highest BCUT2D eigenvalue weighted by Crippen LogP contribution is 2.34. The Balaban J connectivity index is 2.44. The second-order valence-corrected chi connectivity index (χ2v) is 4.56. The van der Waals surface area contributed by atoms with Crippen molar-refractivity contribution in [2.45, 2.75) is 6.92 Å². The van der Waals surface area contributed by atoms with Gasteiger partial charge in [0.05, 0.1) is 9.85 Å². The zero-order valence-corrected chi connectivity index (χ0v) is 11.5. The van der Waals surface area contributed by atoms with Gasteiger partial charge in [-0.1, -0.05) is 11.6 Å². The summed E-state index contributed by atoms with van der Waals surface area (Å²) in [5, 5.41) is 24.5. The molecule has 8 nitrogen and oxygen atoms in total. The van der Waals surface area contributed by atoms with Crippen molar-refractivity contribution < 1.29 is 9.85 Å². The maximum atomic E-state index is 10.9. The Kier molecular flexibility index (Phi) is 3.99. The van der Waals surface area contributed by atoms with Crippen molar-refractivity contribution in [3.8, 4) is 0 Å². The van der Waals surface area contributed by atoms with Gasteiger partial charge in [-0.3, -0.25) is 25.2 Å². The second-order valence-electron chi connectivity index (χ2n) is 4.15. The Labute approximate surface area is 123 Å². The van der Waals surface area contributed by atoms with E-state index in [0.29, 0.717) is 11.3 Å². The minimum absolute atomic E-state index is 0.0511. The van der Waals surface area contributed by atoms with Gasteiger partial charge < -0.3 is 5.32 Å². The molecule has 1 aromatic heterocycles. The smallest absolute Gasteiger partial charge is 0.310 e. The Morgan fingerprint density at radius 3 is 2.43 bits per heavy atom. The van der Waals surface area contributed by atoms with E-state index in [1.807, 2.05) is 0 Å². The molecule has 0 unspecified atom stereocenters. The molecule has 1 N–H and O–H groups in total. The summed E-state index contributed by atoms with van der Waals surface area (Å²) in [6.45, 7) is 1.64. The van der Waals surface area contributed by atoms with Gasteiger partial charge in [0.1, 0.15) is 16.9 Å². The third-order valence-corrected chi connectivity index (χ3v) is 3.06. The average Bonchev–Trinajstić information content (AvgIpc) is 2.42. The van der Waals surface area contributed by atoms with Gasteiger partial charge >= 0.3 is 5.69 Å². The Morgan fingerprint density at radius 1 is 1.14 bits per heavy atom. The standard InChI is InChI=1S/C12H9ClN4O4/c1-7-4-11(16(18)19)8(13)5-10(7)15-9-2-3-14-6-12(9)17(20)21/h2-6H,1H3,(H,14,15). The molecule has 0 bridgehead atoms. The first-order chi connectivity index (χ1) is 9.90. The van der Waals surface area contributed by atoms with Gasteiger partial charge in [-0.2, -0.15) is 0 Å². The van der Waals surface area contributed by atoms with Gasteiger partial charge in [-0.15, -0.1) is 0 Å². The van der Waals surface area contributed by atoms with E-state index in [1.54, 1.807) is 6.92 Å². The fourth-order valence-electron chi connectivity index (χ4n) is 1.72. The van der Waals surface area contributed by atoms with Crippen LogP contribution in [0.3, 0.4) is 0 Å². The number of anilines is 2. The Hall–Kier alpha value is -2.74. The van der Waals surface area contributed by atoms with Crippen LogP contribution in [0.4, 0.5) is 22.7 Å². The van der Waals surface area contributed by atoms with Crippen molar-refractivity contribution in [3.63, 3.8) is 0 Å². The van der Waals surface area contributed by atoms with Gasteiger partial charge in [0.2, 0.25) is 0 Å². The van der Waals surface area contributed by atoms with E-state index < -0.39 is 9.85 Å². The highest BCUT2D eigenvalue weighted by atomic mass is 35.5. The number of nitro benzene ring substituents is 1. The van der Waals surface area contributed by atoms with Crippen molar-refractivity contribution in [1.29, 1.82) is 0 Å². The highest BCUT2D eigenvalue weighted by Gasteiger charge is 2.18. The van der Waals surface area contributed by atoms with Crippen LogP contribution >= 0.6 is 11.6 Å². The largest absolute Gasteiger partial charge is 0.350 e. The summed E-state index contributed by atoms with van der Waals surface area (Å²) in [6, 6.07) is 4.10. The highest BCUT2D eigenvalue weighted by molar-refractivity contribution is 6.33. The third kappa shape index (κ3) is 3.06. The number of nitrogens with zero attached hydrogens (tertiary/aromatic N) is 3. The van der Waals surface area contributed by atoms with E-state index >= 15 is 0 Å². The van der Waals surface area contributed by atoms with Crippen LogP contribution in [0.5, 0.6) is 0 Å². The van der Waals surface area contributed by atoms with Crippen LogP contribution in [0, 0.1) is 27.2 Å². The van der Waals surface area contributed by atoms with Crippen molar-refractivity contribution in [2.75, 3.05) is 5.32 Å². The number of hydrogen-bond donors (Lipinski definition) is 1. The lowest BCUT2D eigenvalue weighted by Crippen LogP contribution is -2.00. The molecule has 21 heavy (non-hydrogen) atoms. The van der Waals surface area contributed by atoms with Gasteiger partial charge in [-0.05, 0) is 24.6 Å². The molecule has 0 spiro atoms. The molecule has 0 radical (unpaired) electrons. The minimum Gasteiger partial charge on any atom is -0.350 e. The number of aromatic nitrogens is 1. The third-order valence-electron chi connectivity index (χ3n) is 2.76. The molecule has 0 amide bonds. The van der Waals surface area contributed by atoms with Crippen LogP contribution in [0.1, 0.15) is 5.56 Å². The number of halogens is 1. The van der Waals surface area contributed by atoms with Crippen molar-refractivity contribution in [2.24, 2.45) is 0 Å². The minimum atomic E-state index is -0.589. The normalized spacial score (nSPS) is 10.2. The van der Waals surface area contributed by atoms with Gasteiger partial charge in [0, 0.05) is 18.0 Å². The van der Waals surface area contributed by atoms with Crippen molar-refractivity contribution in [1.82, 2.24) is 4.98 Å². The summed E-state index contributed by atoms with van der Waals surface area (Å²) in [6.07, 6.45) is 2.52. The topological polar surface area (TPSA) is 111 Å². The lowest BCUT2D eigenvalue weighted by Gasteiger charge is -2.10. The second kappa shape index (κ2) is 5.71. The molecule has 0 fully saturated rings. The van der Waals surface area contributed by atoms with E-state index in [0.717, 1.165) is 6.20 Å². The summed E-state index contributed by atoms with van der Waals surface area (Å²) in [7, 11) is 0. The lowest BCUT2D eigenvalue weighted by atomic mass is 10.1. The fraction of sp³-hybridized carbons (Fsp3) is 0.0833. The predicted molar refractivity (Wildman–Crippen MR) is 77.0 cm³/mol. The number of aryl methyl sites for hydroxylation is 1. The molecule has 0 aliphatic heterocycles. The Morgan fingerprint density at radius 2 is 1.81 bits per heavy atom. The maximum Gasteiger partial charge on any atom is 0.310 e. The first-order valence-corrected chi connectivity index (χ1v) is 6.08. The molecule has 1 heterocycles. The van der Waals surface area contributed by atoms with Crippen molar-refractivity contribution in [3.05, 3.63) is 61.4 Å². The molecule has 2 rings (SSSR count). The quantitative estimate of drug-likeness (QED) is 0.682. The SMILES string of the molecule is Cc1cc([N+](=O)[O-])c(Cl)cc1Nc1ccncc1[N+](=O)[O-]. The van der Waals surface area contributed by atoms with Gasteiger partial charge in [-0.25, -0.2) is 0 Å². The molecule has 1 aromatic carbocycles. The first-order valence-electron chi connectivity index (χ1n) is 5.70. The maximum absolute atomic E-state index is 10.9. The molecule has 0 saturated heterocycles. The molecule has 0 atom stereocenters. The van der Waals surface area contributed by atoms with Crippen LogP contribution in [0.25, 0.3) is 0 Å². The van der Waals surface area contributed by atoms with Gasteiger partial charge in [0.15, 0.2) is 0 Å². The van der Waals surface area contributed by atoms with E-state index in [4.69, 9.17) is 11.6 Å². The van der Waals surface area contributed by atoms with E-state index in [9.17, 15) is 20.2 Å². The monoisotopic (exact) mass is 308 g/mol. The van der Waals surface area contributed by atoms with Crippen LogP contribution < -0.4 is 5.32 Å². The zero-order valence-electron chi connectivity index (χ0n) is 10.7. The zero-order chi connectivity index (χ0) is 15.6. The molecule has 0 saturated carbocycles. The van der Waals surface area contributed by atoms with E-state index in [-0.39, 0.29) is 22.1 Å². The predicted octanol–water partition coefficient (Wildman–Crippen LogP) is 3.60. The average molecular weight is 309 g/mol. The number of benzene rings is 1. The molecule has 0 aliphatic rings. The molecule has 9 heteroatoms. The Bertz CT molecular complexity index is 735. The summed E-state index contributed by atoms with van der Waals surface area (Å²) in [5.41, 5.74) is 0.787. The van der Waals surface area contributed by atoms with Crippen molar-refractivity contribution >= 4 is 34.4 Å². The number of pyridine rings is 1. The van der Waals surface area contributed by atoms with Crippen LogP contribution in [-0.4, -0.2) is 14.8 Å².